The van der Waals surface area contributed by atoms with Crippen molar-refractivity contribution < 1.29 is 4.79 Å². The highest BCUT2D eigenvalue weighted by atomic mass is 16.2. The second-order valence-corrected chi connectivity index (χ2v) is 4.25. The largest absolute Gasteiger partial charge is 0.362 e. The van der Waals surface area contributed by atoms with E-state index in [9.17, 15) is 4.79 Å². The molecule has 1 amide bonds. The number of likely N-dealkylation sites (N-methyl/N-ethyl adjacent to an activating group) is 1. The summed E-state index contributed by atoms with van der Waals surface area (Å²) in [6.45, 7) is 6.54. The smallest absolute Gasteiger partial charge is 0.239 e. The Morgan fingerprint density at radius 2 is 1.94 bits per heavy atom. The molecule has 4 heteroatoms. The zero-order valence-corrected chi connectivity index (χ0v) is 11.3. The molecule has 0 radical (unpaired) electrons. The monoisotopic (exact) mass is 249 g/mol. The quantitative estimate of drug-likeness (QED) is 0.770. The number of anilines is 1. The van der Waals surface area contributed by atoms with E-state index in [0.29, 0.717) is 19.6 Å². The molecular weight excluding hydrogens is 226 g/mol. The van der Waals surface area contributed by atoms with E-state index in [1.165, 1.54) is 0 Å². The number of hydrogen-bond acceptors (Lipinski definition) is 3. The van der Waals surface area contributed by atoms with Crippen LogP contribution in [0.3, 0.4) is 0 Å². The number of nitrogens with two attached hydrogens (primary N) is 1. The minimum Gasteiger partial charge on any atom is -0.362 e. The van der Waals surface area contributed by atoms with E-state index in [0.717, 1.165) is 24.2 Å². The zero-order valence-electron chi connectivity index (χ0n) is 11.3. The average molecular weight is 249 g/mol. The number of carbonyl (C=O) groups is 1. The number of amides is 1. The first kappa shape index (κ1) is 14.5. The molecule has 1 aromatic carbocycles. The van der Waals surface area contributed by atoms with E-state index in [-0.39, 0.29) is 5.91 Å². The molecule has 0 aliphatic rings. The van der Waals surface area contributed by atoms with Crippen LogP contribution in [0.25, 0.3) is 0 Å². The lowest BCUT2D eigenvalue weighted by Crippen LogP contribution is -2.37. The standard InChI is InChI=1S/C14H23N3O/c1-3-9-17(11-14(18)16-4-2)13-7-5-12(10-15)6-8-13/h5-8H,3-4,9-11,15H2,1-2H3,(H,16,18). The summed E-state index contributed by atoms with van der Waals surface area (Å²) < 4.78 is 0. The number of benzene rings is 1. The fourth-order valence-corrected chi connectivity index (χ4v) is 1.84. The molecule has 0 aliphatic heterocycles. The average Bonchev–Trinajstić information content (AvgIpc) is 2.39. The minimum absolute atomic E-state index is 0.0638. The molecule has 3 N–H and O–H groups in total. The SMILES string of the molecule is CCCN(CC(=O)NCC)c1ccc(CN)cc1. The van der Waals surface area contributed by atoms with Crippen LogP contribution in [0.2, 0.25) is 0 Å². The Bertz CT molecular complexity index is 362. The third-order valence-electron chi connectivity index (χ3n) is 2.74. The molecule has 0 aromatic heterocycles. The van der Waals surface area contributed by atoms with Gasteiger partial charge in [0, 0.05) is 25.3 Å². The first-order chi connectivity index (χ1) is 8.71. The van der Waals surface area contributed by atoms with Crippen molar-refractivity contribution in [1.29, 1.82) is 0 Å². The van der Waals surface area contributed by atoms with E-state index in [1.54, 1.807) is 0 Å². The van der Waals surface area contributed by atoms with E-state index in [1.807, 2.05) is 31.2 Å². The zero-order chi connectivity index (χ0) is 13.4. The Kier molecular flexibility index (Phi) is 6.22. The molecule has 4 nitrogen and oxygen atoms in total. The molecule has 100 valence electrons. The molecule has 0 bridgehead atoms. The van der Waals surface area contributed by atoms with Gasteiger partial charge in [0.1, 0.15) is 0 Å². The second kappa shape index (κ2) is 7.71. The lowest BCUT2D eigenvalue weighted by molar-refractivity contribution is -0.119. The van der Waals surface area contributed by atoms with Crippen molar-refractivity contribution in [2.24, 2.45) is 5.73 Å². The maximum Gasteiger partial charge on any atom is 0.239 e. The maximum atomic E-state index is 11.7. The summed E-state index contributed by atoms with van der Waals surface area (Å²) in [7, 11) is 0. The number of hydrogen-bond donors (Lipinski definition) is 2. The molecule has 18 heavy (non-hydrogen) atoms. The van der Waals surface area contributed by atoms with Gasteiger partial charge in [-0.1, -0.05) is 19.1 Å². The van der Waals surface area contributed by atoms with Crippen molar-refractivity contribution in [1.82, 2.24) is 5.32 Å². The molecule has 1 rings (SSSR count). The first-order valence-corrected chi connectivity index (χ1v) is 6.51. The summed E-state index contributed by atoms with van der Waals surface area (Å²) in [6.07, 6.45) is 1.01. The van der Waals surface area contributed by atoms with Crippen LogP contribution in [0.1, 0.15) is 25.8 Å². The molecule has 0 spiro atoms. The predicted molar refractivity (Wildman–Crippen MR) is 75.5 cm³/mol. The van der Waals surface area contributed by atoms with Crippen LogP contribution < -0.4 is 16.0 Å². The van der Waals surface area contributed by atoms with Crippen LogP contribution >= 0.6 is 0 Å². The molecule has 0 heterocycles. The first-order valence-electron chi connectivity index (χ1n) is 6.51. The van der Waals surface area contributed by atoms with Gasteiger partial charge < -0.3 is 16.0 Å². The normalized spacial score (nSPS) is 10.2. The van der Waals surface area contributed by atoms with Crippen LogP contribution in [0, 0.1) is 0 Å². The van der Waals surface area contributed by atoms with Crippen LogP contribution in [0.4, 0.5) is 5.69 Å². The van der Waals surface area contributed by atoms with Crippen molar-refractivity contribution in [3.05, 3.63) is 29.8 Å². The minimum atomic E-state index is 0.0638. The van der Waals surface area contributed by atoms with Gasteiger partial charge >= 0.3 is 0 Å². The van der Waals surface area contributed by atoms with Gasteiger partial charge in [-0.25, -0.2) is 0 Å². The summed E-state index contributed by atoms with van der Waals surface area (Å²) in [5.74, 6) is 0.0638. The molecule has 0 saturated heterocycles. The summed E-state index contributed by atoms with van der Waals surface area (Å²) in [4.78, 5) is 13.7. The van der Waals surface area contributed by atoms with Crippen LogP contribution in [-0.2, 0) is 11.3 Å². The van der Waals surface area contributed by atoms with Crippen LogP contribution in [0.5, 0.6) is 0 Å². The summed E-state index contributed by atoms with van der Waals surface area (Å²) in [6, 6.07) is 8.07. The number of nitrogens with zero attached hydrogens (tertiary/aromatic N) is 1. The lowest BCUT2D eigenvalue weighted by Gasteiger charge is -2.23. The van der Waals surface area contributed by atoms with Crippen molar-refractivity contribution in [2.75, 3.05) is 24.5 Å². The number of nitrogens with one attached hydrogen (secondary N) is 1. The summed E-state index contributed by atoms with van der Waals surface area (Å²) in [5, 5.41) is 2.83. The van der Waals surface area contributed by atoms with E-state index in [2.05, 4.69) is 17.1 Å². The fraction of sp³-hybridized carbons (Fsp3) is 0.500. The van der Waals surface area contributed by atoms with Gasteiger partial charge in [-0.2, -0.15) is 0 Å². The van der Waals surface area contributed by atoms with E-state index < -0.39 is 0 Å². The van der Waals surface area contributed by atoms with Crippen molar-refractivity contribution in [2.45, 2.75) is 26.8 Å². The fourth-order valence-electron chi connectivity index (χ4n) is 1.84. The third-order valence-corrected chi connectivity index (χ3v) is 2.74. The molecule has 0 atom stereocenters. The van der Waals surface area contributed by atoms with Gasteiger partial charge in [0.25, 0.3) is 0 Å². The van der Waals surface area contributed by atoms with Crippen LogP contribution in [0.15, 0.2) is 24.3 Å². The van der Waals surface area contributed by atoms with Gasteiger partial charge in [-0.05, 0) is 31.0 Å². The highest BCUT2D eigenvalue weighted by molar-refractivity contribution is 5.81. The summed E-state index contributed by atoms with van der Waals surface area (Å²) >= 11 is 0. The maximum absolute atomic E-state index is 11.7. The lowest BCUT2D eigenvalue weighted by atomic mass is 10.2. The Morgan fingerprint density at radius 1 is 1.28 bits per heavy atom. The van der Waals surface area contributed by atoms with Crippen LogP contribution in [-0.4, -0.2) is 25.5 Å². The number of carbonyl (C=O) groups excluding carboxylic acids is 1. The molecule has 0 unspecified atom stereocenters. The van der Waals surface area contributed by atoms with Gasteiger partial charge in [0.15, 0.2) is 0 Å². The van der Waals surface area contributed by atoms with Gasteiger partial charge in [-0.3, -0.25) is 4.79 Å². The molecule has 1 aromatic rings. The second-order valence-electron chi connectivity index (χ2n) is 4.25. The highest BCUT2D eigenvalue weighted by Crippen LogP contribution is 2.15. The van der Waals surface area contributed by atoms with Crippen molar-refractivity contribution in [3.63, 3.8) is 0 Å². The van der Waals surface area contributed by atoms with E-state index >= 15 is 0 Å². The Morgan fingerprint density at radius 3 is 2.44 bits per heavy atom. The molecule has 0 saturated carbocycles. The third kappa shape index (κ3) is 4.37. The van der Waals surface area contributed by atoms with Crippen molar-refractivity contribution in [3.8, 4) is 0 Å². The highest BCUT2D eigenvalue weighted by Gasteiger charge is 2.09. The Labute approximate surface area is 109 Å². The predicted octanol–water partition coefficient (Wildman–Crippen LogP) is 1.50. The van der Waals surface area contributed by atoms with Crippen molar-refractivity contribution >= 4 is 11.6 Å². The topological polar surface area (TPSA) is 58.4 Å². The summed E-state index contributed by atoms with van der Waals surface area (Å²) in [5.41, 5.74) is 7.75. The number of rotatable bonds is 7. The van der Waals surface area contributed by atoms with Gasteiger partial charge in [0.05, 0.1) is 6.54 Å². The Hall–Kier alpha value is -1.55. The molecular formula is C14H23N3O. The Balaban J connectivity index is 2.72. The van der Waals surface area contributed by atoms with Gasteiger partial charge in [0.2, 0.25) is 5.91 Å². The van der Waals surface area contributed by atoms with E-state index in [4.69, 9.17) is 5.73 Å². The van der Waals surface area contributed by atoms with Gasteiger partial charge in [-0.15, -0.1) is 0 Å². The molecule has 0 fully saturated rings. The molecule has 0 aliphatic carbocycles.